The average Bonchev–Trinajstić information content (AvgIpc) is 2.97. The fourth-order valence-electron chi connectivity index (χ4n) is 1.84. The second kappa shape index (κ2) is 6.47. The number of aromatic nitrogens is 1. The minimum Gasteiger partial charge on any atom is -0.372 e. The number of halogens is 1. The fourth-order valence-corrected chi connectivity index (χ4v) is 2.54. The maximum absolute atomic E-state index is 13.3. The highest BCUT2D eigenvalue weighted by atomic mass is 32.1. The Balaban J connectivity index is 2.08. The van der Waals surface area contributed by atoms with Gasteiger partial charge in [-0.3, -0.25) is 4.79 Å². The number of anilines is 1. The molecule has 1 amide bonds. The van der Waals surface area contributed by atoms with Crippen molar-refractivity contribution in [2.24, 2.45) is 0 Å². The monoisotopic (exact) mass is 293 g/mol. The quantitative estimate of drug-likeness (QED) is 0.922. The summed E-state index contributed by atoms with van der Waals surface area (Å²) in [5.41, 5.74) is 0.251. The Morgan fingerprint density at radius 2 is 2.35 bits per heavy atom. The largest absolute Gasteiger partial charge is 0.372 e. The Kier molecular flexibility index (Phi) is 4.68. The van der Waals surface area contributed by atoms with Crippen molar-refractivity contribution in [1.82, 2.24) is 9.88 Å². The summed E-state index contributed by atoms with van der Waals surface area (Å²) in [6.45, 7) is 0.582. The summed E-state index contributed by atoms with van der Waals surface area (Å²) in [6, 6.07) is 5.23. The molecule has 2 heterocycles. The van der Waals surface area contributed by atoms with Crippen LogP contribution in [-0.4, -0.2) is 36.4 Å². The van der Waals surface area contributed by atoms with Gasteiger partial charge in [0.25, 0.3) is 5.91 Å². The molecule has 4 nitrogen and oxygen atoms in total. The van der Waals surface area contributed by atoms with Crippen LogP contribution in [-0.2, 0) is 6.42 Å². The molecule has 0 aliphatic heterocycles. The fraction of sp³-hybridized carbons (Fsp3) is 0.286. The summed E-state index contributed by atoms with van der Waals surface area (Å²) in [4.78, 5) is 19.0. The summed E-state index contributed by atoms with van der Waals surface area (Å²) in [5, 5.41) is 4.81. The van der Waals surface area contributed by atoms with E-state index in [4.69, 9.17) is 0 Å². The number of carbonyl (C=O) groups is 1. The lowest BCUT2D eigenvalue weighted by Crippen LogP contribution is -2.29. The van der Waals surface area contributed by atoms with Crippen molar-refractivity contribution in [3.63, 3.8) is 0 Å². The SMILES string of the molecule is CNc1ncc(F)cc1C(=O)N(C)CCc1cccs1. The zero-order chi connectivity index (χ0) is 14.5. The van der Waals surface area contributed by atoms with Crippen LogP contribution in [0, 0.1) is 5.82 Å². The Hall–Kier alpha value is -1.95. The lowest BCUT2D eigenvalue weighted by atomic mass is 10.2. The molecule has 0 saturated carbocycles. The maximum Gasteiger partial charge on any atom is 0.257 e. The van der Waals surface area contributed by atoms with Gasteiger partial charge < -0.3 is 10.2 Å². The maximum atomic E-state index is 13.3. The predicted octanol–water partition coefficient (Wildman–Crippen LogP) is 2.64. The first kappa shape index (κ1) is 14.5. The number of nitrogens with zero attached hydrogens (tertiary/aromatic N) is 2. The highest BCUT2D eigenvalue weighted by Gasteiger charge is 2.17. The van der Waals surface area contributed by atoms with E-state index in [9.17, 15) is 9.18 Å². The zero-order valence-corrected chi connectivity index (χ0v) is 12.2. The Bertz CT molecular complexity index is 586. The van der Waals surface area contributed by atoms with E-state index in [2.05, 4.69) is 10.3 Å². The van der Waals surface area contributed by atoms with Gasteiger partial charge >= 0.3 is 0 Å². The predicted molar refractivity (Wildman–Crippen MR) is 78.7 cm³/mol. The molecule has 0 unspecified atom stereocenters. The second-order valence-corrected chi connectivity index (χ2v) is 5.39. The number of amides is 1. The van der Waals surface area contributed by atoms with Crippen LogP contribution in [0.2, 0.25) is 0 Å². The number of likely N-dealkylation sites (N-methyl/N-ethyl adjacent to an activating group) is 1. The Morgan fingerprint density at radius 3 is 3.00 bits per heavy atom. The Morgan fingerprint density at radius 1 is 1.55 bits per heavy atom. The first-order valence-electron chi connectivity index (χ1n) is 6.23. The van der Waals surface area contributed by atoms with Gasteiger partial charge in [-0.15, -0.1) is 11.3 Å². The van der Waals surface area contributed by atoms with Crippen molar-refractivity contribution in [2.45, 2.75) is 6.42 Å². The molecule has 2 aromatic heterocycles. The molecule has 6 heteroatoms. The third-order valence-electron chi connectivity index (χ3n) is 2.94. The lowest BCUT2D eigenvalue weighted by molar-refractivity contribution is 0.0797. The van der Waals surface area contributed by atoms with Crippen molar-refractivity contribution in [3.05, 3.63) is 46.0 Å². The van der Waals surface area contributed by atoms with Crippen molar-refractivity contribution in [2.75, 3.05) is 26.0 Å². The number of pyridine rings is 1. The molecule has 2 aromatic rings. The smallest absolute Gasteiger partial charge is 0.257 e. The summed E-state index contributed by atoms with van der Waals surface area (Å²) in [5.74, 6) is -0.365. The standard InChI is InChI=1S/C14H16FN3OS/c1-16-13-12(8-10(15)9-17-13)14(19)18(2)6-5-11-4-3-7-20-11/h3-4,7-9H,5-6H2,1-2H3,(H,16,17). The normalized spacial score (nSPS) is 10.3. The first-order chi connectivity index (χ1) is 9.61. The van der Waals surface area contributed by atoms with Crippen LogP contribution < -0.4 is 5.32 Å². The molecule has 0 aliphatic carbocycles. The minimum atomic E-state index is -0.515. The van der Waals surface area contributed by atoms with E-state index in [-0.39, 0.29) is 11.5 Å². The number of hydrogen-bond donors (Lipinski definition) is 1. The van der Waals surface area contributed by atoms with Gasteiger partial charge in [0.15, 0.2) is 0 Å². The van der Waals surface area contributed by atoms with Crippen LogP contribution in [0.25, 0.3) is 0 Å². The summed E-state index contributed by atoms with van der Waals surface area (Å²) in [6.07, 6.45) is 1.88. The van der Waals surface area contributed by atoms with Crippen molar-refractivity contribution in [3.8, 4) is 0 Å². The number of carbonyl (C=O) groups excluding carboxylic acids is 1. The van der Waals surface area contributed by atoms with Gasteiger partial charge in [0.05, 0.1) is 11.8 Å². The molecular weight excluding hydrogens is 277 g/mol. The summed E-state index contributed by atoms with van der Waals surface area (Å²) >= 11 is 1.66. The lowest BCUT2D eigenvalue weighted by Gasteiger charge is -2.18. The highest BCUT2D eigenvalue weighted by Crippen LogP contribution is 2.16. The summed E-state index contributed by atoms with van der Waals surface area (Å²) < 4.78 is 13.3. The van der Waals surface area contributed by atoms with Crippen LogP contribution >= 0.6 is 11.3 Å². The Labute approximate surface area is 121 Å². The number of hydrogen-bond acceptors (Lipinski definition) is 4. The van der Waals surface area contributed by atoms with Gasteiger partial charge in [0.2, 0.25) is 0 Å². The van der Waals surface area contributed by atoms with Crippen LogP contribution in [0.15, 0.2) is 29.8 Å². The van der Waals surface area contributed by atoms with Crippen LogP contribution in [0.4, 0.5) is 10.2 Å². The second-order valence-electron chi connectivity index (χ2n) is 4.36. The van der Waals surface area contributed by atoms with Gasteiger partial charge in [-0.2, -0.15) is 0 Å². The van der Waals surface area contributed by atoms with E-state index in [0.717, 1.165) is 12.6 Å². The van der Waals surface area contributed by atoms with E-state index < -0.39 is 5.82 Å². The first-order valence-corrected chi connectivity index (χ1v) is 7.11. The van der Waals surface area contributed by atoms with Crippen molar-refractivity contribution >= 4 is 23.1 Å². The van der Waals surface area contributed by atoms with Crippen LogP contribution in [0.3, 0.4) is 0 Å². The number of nitrogens with one attached hydrogen (secondary N) is 1. The molecule has 1 N–H and O–H groups in total. The van der Waals surface area contributed by atoms with E-state index in [0.29, 0.717) is 12.4 Å². The molecule has 20 heavy (non-hydrogen) atoms. The molecule has 2 rings (SSSR count). The minimum absolute atomic E-state index is 0.238. The van der Waals surface area contributed by atoms with Crippen LogP contribution in [0.5, 0.6) is 0 Å². The molecule has 0 aliphatic rings. The van der Waals surface area contributed by atoms with Gasteiger partial charge in [0.1, 0.15) is 11.6 Å². The third-order valence-corrected chi connectivity index (χ3v) is 3.88. The molecular formula is C14H16FN3OS. The van der Waals surface area contributed by atoms with Gasteiger partial charge in [-0.1, -0.05) is 6.07 Å². The highest BCUT2D eigenvalue weighted by molar-refractivity contribution is 7.09. The molecule has 0 saturated heterocycles. The number of thiophene rings is 1. The molecule has 0 fully saturated rings. The van der Waals surface area contributed by atoms with E-state index in [1.807, 2.05) is 17.5 Å². The zero-order valence-electron chi connectivity index (χ0n) is 11.4. The molecule has 0 aromatic carbocycles. The summed E-state index contributed by atoms with van der Waals surface area (Å²) in [7, 11) is 3.36. The molecule has 0 spiro atoms. The van der Waals surface area contributed by atoms with Gasteiger partial charge in [-0.25, -0.2) is 9.37 Å². The molecule has 106 valence electrons. The molecule has 0 bridgehead atoms. The van der Waals surface area contributed by atoms with E-state index in [1.165, 1.54) is 10.9 Å². The van der Waals surface area contributed by atoms with Crippen LogP contribution in [0.1, 0.15) is 15.2 Å². The van der Waals surface area contributed by atoms with E-state index >= 15 is 0 Å². The number of rotatable bonds is 5. The molecule has 0 atom stereocenters. The molecule has 0 radical (unpaired) electrons. The van der Waals surface area contributed by atoms with Crippen molar-refractivity contribution in [1.29, 1.82) is 0 Å². The third kappa shape index (κ3) is 3.33. The van der Waals surface area contributed by atoms with Gasteiger partial charge in [-0.05, 0) is 23.9 Å². The topological polar surface area (TPSA) is 45.2 Å². The average molecular weight is 293 g/mol. The van der Waals surface area contributed by atoms with Crippen molar-refractivity contribution < 1.29 is 9.18 Å². The van der Waals surface area contributed by atoms with Gasteiger partial charge in [0, 0.05) is 25.5 Å². The van der Waals surface area contributed by atoms with E-state index in [1.54, 1.807) is 30.3 Å².